The standard InChI is InChI=1S/C6H7BFNO2/c8-4-6-5(7(10)11)2-1-3-9-6/h1-3,10-11H,4H2. The summed E-state index contributed by atoms with van der Waals surface area (Å²) in [6.07, 6.45) is 1.40. The Morgan fingerprint density at radius 3 is 2.73 bits per heavy atom. The molecule has 1 aromatic rings. The second kappa shape index (κ2) is 3.45. The third-order valence-electron chi connectivity index (χ3n) is 1.33. The van der Waals surface area contributed by atoms with Crippen molar-refractivity contribution in [3.05, 3.63) is 24.0 Å². The number of hydrogen-bond acceptors (Lipinski definition) is 3. The second-order valence-corrected chi connectivity index (χ2v) is 2.05. The molecule has 0 aliphatic rings. The monoisotopic (exact) mass is 155 g/mol. The van der Waals surface area contributed by atoms with Gasteiger partial charge in [-0.05, 0) is 6.07 Å². The Morgan fingerprint density at radius 1 is 1.55 bits per heavy atom. The first-order valence-electron chi connectivity index (χ1n) is 3.11. The maximum Gasteiger partial charge on any atom is 0.490 e. The average Bonchev–Trinajstić information content (AvgIpc) is 2.04. The van der Waals surface area contributed by atoms with E-state index in [1.54, 1.807) is 0 Å². The van der Waals surface area contributed by atoms with Gasteiger partial charge in [-0.3, -0.25) is 4.98 Å². The van der Waals surface area contributed by atoms with Crippen LogP contribution < -0.4 is 5.46 Å². The summed E-state index contributed by atoms with van der Waals surface area (Å²) in [6.45, 7) is -0.784. The van der Waals surface area contributed by atoms with Crippen LogP contribution in [0.5, 0.6) is 0 Å². The summed E-state index contributed by atoms with van der Waals surface area (Å²) in [4.78, 5) is 3.62. The van der Waals surface area contributed by atoms with Gasteiger partial charge in [0.05, 0.1) is 5.69 Å². The second-order valence-electron chi connectivity index (χ2n) is 2.05. The first kappa shape index (κ1) is 8.16. The molecular weight excluding hydrogens is 148 g/mol. The van der Waals surface area contributed by atoms with Crippen molar-refractivity contribution >= 4 is 12.6 Å². The van der Waals surface area contributed by atoms with E-state index in [1.807, 2.05) is 0 Å². The van der Waals surface area contributed by atoms with Crippen LogP contribution in [-0.2, 0) is 6.67 Å². The van der Waals surface area contributed by atoms with E-state index in [-0.39, 0.29) is 11.2 Å². The summed E-state index contributed by atoms with van der Waals surface area (Å²) in [6, 6.07) is 2.94. The Morgan fingerprint density at radius 2 is 2.27 bits per heavy atom. The fourth-order valence-electron chi connectivity index (χ4n) is 0.797. The molecule has 0 saturated carbocycles. The zero-order chi connectivity index (χ0) is 8.27. The minimum absolute atomic E-state index is 0.0718. The lowest BCUT2D eigenvalue weighted by Crippen LogP contribution is -2.33. The highest BCUT2D eigenvalue weighted by atomic mass is 19.1. The third kappa shape index (κ3) is 1.75. The molecule has 0 aliphatic heterocycles. The van der Waals surface area contributed by atoms with Gasteiger partial charge in [0.2, 0.25) is 0 Å². The molecular formula is C6H7BFNO2. The van der Waals surface area contributed by atoms with Crippen LogP contribution in [0.3, 0.4) is 0 Å². The molecule has 5 heteroatoms. The summed E-state index contributed by atoms with van der Waals surface area (Å²) in [5.74, 6) is 0. The van der Waals surface area contributed by atoms with Crippen LogP contribution in [0.1, 0.15) is 5.69 Å². The lowest BCUT2D eigenvalue weighted by molar-refractivity contribution is 0.422. The van der Waals surface area contributed by atoms with Gasteiger partial charge >= 0.3 is 7.12 Å². The third-order valence-corrected chi connectivity index (χ3v) is 1.33. The lowest BCUT2D eigenvalue weighted by Gasteiger charge is -2.01. The maximum atomic E-state index is 12.1. The zero-order valence-electron chi connectivity index (χ0n) is 5.74. The molecule has 58 valence electrons. The Balaban J connectivity index is 3.02. The largest absolute Gasteiger partial charge is 0.490 e. The van der Waals surface area contributed by atoms with Crippen LogP contribution in [-0.4, -0.2) is 22.2 Å². The molecule has 0 aliphatic carbocycles. The van der Waals surface area contributed by atoms with E-state index < -0.39 is 13.8 Å². The lowest BCUT2D eigenvalue weighted by atomic mass is 9.79. The fourth-order valence-corrected chi connectivity index (χ4v) is 0.797. The van der Waals surface area contributed by atoms with Crippen LogP contribution in [0.4, 0.5) is 4.39 Å². The predicted molar refractivity (Wildman–Crippen MR) is 38.9 cm³/mol. The van der Waals surface area contributed by atoms with Crippen molar-refractivity contribution in [3.8, 4) is 0 Å². The molecule has 11 heavy (non-hydrogen) atoms. The molecule has 0 fully saturated rings. The highest BCUT2D eigenvalue weighted by molar-refractivity contribution is 6.59. The van der Waals surface area contributed by atoms with Crippen molar-refractivity contribution in [1.29, 1.82) is 0 Å². The summed E-state index contributed by atoms with van der Waals surface area (Å²) in [5.41, 5.74) is 0.192. The van der Waals surface area contributed by atoms with E-state index in [1.165, 1.54) is 18.3 Å². The molecule has 0 bridgehead atoms. The van der Waals surface area contributed by atoms with E-state index in [0.29, 0.717) is 0 Å². The van der Waals surface area contributed by atoms with Crippen molar-refractivity contribution < 1.29 is 14.4 Å². The summed E-state index contributed by atoms with van der Waals surface area (Å²) in [7, 11) is -1.64. The predicted octanol–water partition coefficient (Wildman–Crippen LogP) is -0.769. The molecule has 0 atom stereocenters. The quantitative estimate of drug-likeness (QED) is 0.551. The molecule has 3 nitrogen and oxygen atoms in total. The van der Waals surface area contributed by atoms with E-state index in [9.17, 15) is 4.39 Å². The molecule has 0 saturated heterocycles. The molecule has 0 aromatic carbocycles. The van der Waals surface area contributed by atoms with Crippen molar-refractivity contribution in [2.24, 2.45) is 0 Å². The van der Waals surface area contributed by atoms with Crippen LogP contribution in [0.2, 0.25) is 0 Å². The molecule has 1 heterocycles. The summed E-state index contributed by atoms with van der Waals surface area (Å²) in [5, 5.41) is 17.4. The zero-order valence-corrected chi connectivity index (χ0v) is 5.74. The minimum atomic E-state index is -1.64. The molecule has 2 N–H and O–H groups in total. The van der Waals surface area contributed by atoms with Crippen LogP contribution in [0.15, 0.2) is 18.3 Å². The van der Waals surface area contributed by atoms with Crippen LogP contribution >= 0.6 is 0 Å². The van der Waals surface area contributed by atoms with Gasteiger partial charge in [0.25, 0.3) is 0 Å². The van der Waals surface area contributed by atoms with Gasteiger partial charge in [-0.1, -0.05) is 6.07 Å². The topological polar surface area (TPSA) is 53.4 Å². The van der Waals surface area contributed by atoms with Gasteiger partial charge in [-0.15, -0.1) is 0 Å². The molecule has 1 rings (SSSR count). The Kier molecular flexibility index (Phi) is 2.56. The van der Waals surface area contributed by atoms with E-state index in [4.69, 9.17) is 10.0 Å². The van der Waals surface area contributed by atoms with Crippen LogP contribution in [0.25, 0.3) is 0 Å². The van der Waals surface area contributed by atoms with E-state index in [2.05, 4.69) is 4.98 Å². The van der Waals surface area contributed by atoms with Crippen molar-refractivity contribution in [2.75, 3.05) is 0 Å². The molecule has 0 unspecified atom stereocenters. The van der Waals surface area contributed by atoms with Crippen molar-refractivity contribution in [2.45, 2.75) is 6.67 Å². The number of hydrogen-bond donors (Lipinski definition) is 2. The van der Waals surface area contributed by atoms with Gasteiger partial charge in [-0.2, -0.15) is 0 Å². The molecule has 0 spiro atoms. The number of aromatic nitrogens is 1. The SMILES string of the molecule is OB(O)c1cccnc1CF. The summed E-state index contributed by atoms with van der Waals surface area (Å²) < 4.78 is 12.1. The van der Waals surface area contributed by atoms with Gasteiger partial charge in [0.1, 0.15) is 6.67 Å². The van der Waals surface area contributed by atoms with Crippen LogP contribution in [0, 0.1) is 0 Å². The summed E-state index contributed by atoms with van der Waals surface area (Å²) >= 11 is 0. The van der Waals surface area contributed by atoms with Gasteiger partial charge in [-0.25, -0.2) is 4.39 Å². The minimum Gasteiger partial charge on any atom is -0.423 e. The van der Waals surface area contributed by atoms with Gasteiger partial charge < -0.3 is 10.0 Å². The fraction of sp³-hybridized carbons (Fsp3) is 0.167. The maximum absolute atomic E-state index is 12.1. The first-order chi connectivity index (χ1) is 5.25. The Hall–Kier alpha value is -0.935. The Labute approximate surface area is 63.7 Å². The number of alkyl halides is 1. The highest BCUT2D eigenvalue weighted by Gasteiger charge is 2.15. The number of rotatable bonds is 2. The van der Waals surface area contributed by atoms with Crippen molar-refractivity contribution in [1.82, 2.24) is 4.98 Å². The van der Waals surface area contributed by atoms with E-state index in [0.717, 1.165) is 0 Å². The average molecular weight is 155 g/mol. The smallest absolute Gasteiger partial charge is 0.423 e. The first-order valence-corrected chi connectivity index (χ1v) is 3.11. The van der Waals surface area contributed by atoms with Gasteiger partial charge in [0.15, 0.2) is 0 Å². The number of pyridine rings is 1. The highest BCUT2D eigenvalue weighted by Crippen LogP contribution is 1.93. The molecule has 1 aromatic heterocycles. The number of halogens is 1. The Bertz CT molecular complexity index is 244. The van der Waals surface area contributed by atoms with Gasteiger partial charge in [0, 0.05) is 11.7 Å². The van der Waals surface area contributed by atoms with E-state index >= 15 is 0 Å². The van der Waals surface area contributed by atoms with Crippen molar-refractivity contribution in [3.63, 3.8) is 0 Å². The number of nitrogens with zero attached hydrogens (tertiary/aromatic N) is 1. The molecule has 0 radical (unpaired) electrons. The normalized spacial score (nSPS) is 9.73. The molecule has 0 amide bonds.